The minimum Gasteiger partial charge on any atom is -0.465 e. The molecule has 170 valence electrons. The number of esters is 1. The Morgan fingerprint density at radius 3 is 2.55 bits per heavy atom. The predicted octanol–water partition coefficient (Wildman–Crippen LogP) is 4.63. The van der Waals surface area contributed by atoms with Crippen LogP contribution >= 0.6 is 0 Å². The highest BCUT2D eigenvalue weighted by molar-refractivity contribution is 5.95. The van der Waals surface area contributed by atoms with Crippen LogP contribution in [0.1, 0.15) is 33.5 Å². The molecule has 0 unspecified atom stereocenters. The minimum absolute atomic E-state index is 0.0153. The molecule has 0 saturated carbocycles. The molecule has 33 heavy (non-hydrogen) atoms. The maximum atomic E-state index is 12.2. The average molecular weight is 447 g/mol. The quantitative estimate of drug-likeness (QED) is 0.423. The second-order valence-electron chi connectivity index (χ2n) is 7.92. The summed E-state index contributed by atoms with van der Waals surface area (Å²) in [5, 5.41) is 2.96. The van der Waals surface area contributed by atoms with Crippen molar-refractivity contribution in [1.29, 1.82) is 0 Å². The number of methoxy groups -OCH3 is 1. The van der Waals surface area contributed by atoms with Gasteiger partial charge in [0.2, 0.25) is 0 Å². The van der Waals surface area contributed by atoms with Crippen LogP contribution in [0.3, 0.4) is 0 Å². The molecule has 4 rings (SSSR count). The van der Waals surface area contributed by atoms with Crippen molar-refractivity contribution in [2.75, 3.05) is 12.8 Å². The lowest BCUT2D eigenvalue weighted by Gasteiger charge is -2.25. The summed E-state index contributed by atoms with van der Waals surface area (Å²) in [6.07, 6.45) is 1.96. The molecule has 0 aromatic heterocycles. The topological polar surface area (TPSA) is 99.9 Å². The largest absolute Gasteiger partial charge is 0.465 e. The molecule has 1 amide bonds. The number of benzene rings is 3. The Hall–Kier alpha value is -4.00. The first-order valence-corrected chi connectivity index (χ1v) is 10.8. The van der Waals surface area contributed by atoms with Gasteiger partial charge in [-0.3, -0.25) is 0 Å². The third-order valence-electron chi connectivity index (χ3n) is 5.61. The number of carbonyl (C=O) groups excluding carboxylic acids is 2. The molecule has 1 aliphatic rings. The number of hydrogen-bond acceptors (Lipinski definition) is 6. The lowest BCUT2D eigenvalue weighted by atomic mass is 9.88. The summed E-state index contributed by atoms with van der Waals surface area (Å²) in [6, 6.07) is 20.3. The van der Waals surface area contributed by atoms with Gasteiger partial charge < -0.3 is 25.3 Å². The van der Waals surface area contributed by atoms with Gasteiger partial charge in [0.15, 0.2) is 0 Å². The number of fused-ring (bicyclic) bond motifs is 1. The monoisotopic (exact) mass is 446 g/mol. The first kappa shape index (κ1) is 22.2. The van der Waals surface area contributed by atoms with Gasteiger partial charge in [0, 0.05) is 11.7 Å². The first-order chi connectivity index (χ1) is 16.0. The number of nitrogen functional groups attached to an aromatic ring is 1. The van der Waals surface area contributed by atoms with E-state index in [9.17, 15) is 9.59 Å². The van der Waals surface area contributed by atoms with E-state index in [2.05, 4.69) is 5.32 Å². The van der Waals surface area contributed by atoms with Gasteiger partial charge in [-0.15, -0.1) is 0 Å². The zero-order valence-electron chi connectivity index (χ0n) is 18.4. The zero-order chi connectivity index (χ0) is 23.2. The van der Waals surface area contributed by atoms with Crippen molar-refractivity contribution in [2.45, 2.75) is 31.9 Å². The molecular weight excluding hydrogens is 420 g/mol. The number of ether oxygens (including phenoxy) is 3. The maximum absolute atomic E-state index is 12.2. The zero-order valence-corrected chi connectivity index (χ0v) is 18.4. The number of anilines is 1. The number of alkyl carbamates (subject to hydrolysis) is 1. The lowest BCUT2D eigenvalue weighted by molar-refractivity contribution is 0.0601. The second-order valence-corrected chi connectivity index (χ2v) is 7.92. The summed E-state index contributed by atoms with van der Waals surface area (Å²) in [5.41, 5.74) is 9.72. The lowest BCUT2D eigenvalue weighted by Crippen LogP contribution is -2.39. The molecule has 0 spiro atoms. The molecule has 1 atom stereocenters. The van der Waals surface area contributed by atoms with Crippen molar-refractivity contribution in [1.82, 2.24) is 5.32 Å². The van der Waals surface area contributed by atoms with Crippen LogP contribution in [0.5, 0.6) is 11.5 Å². The average Bonchev–Trinajstić information content (AvgIpc) is 2.84. The molecule has 1 aliphatic carbocycles. The van der Waals surface area contributed by atoms with E-state index in [1.165, 1.54) is 12.7 Å². The molecule has 3 aromatic rings. The Morgan fingerprint density at radius 2 is 1.76 bits per heavy atom. The van der Waals surface area contributed by atoms with Crippen LogP contribution < -0.4 is 15.8 Å². The third kappa shape index (κ3) is 5.63. The highest BCUT2D eigenvalue weighted by atomic mass is 16.5. The fourth-order valence-electron chi connectivity index (χ4n) is 3.87. The maximum Gasteiger partial charge on any atom is 0.407 e. The smallest absolute Gasteiger partial charge is 0.407 e. The van der Waals surface area contributed by atoms with E-state index in [4.69, 9.17) is 19.9 Å². The molecule has 0 radical (unpaired) electrons. The van der Waals surface area contributed by atoms with Crippen LogP contribution in [0, 0.1) is 0 Å². The highest BCUT2D eigenvalue weighted by Crippen LogP contribution is 2.30. The Morgan fingerprint density at radius 1 is 1.00 bits per heavy atom. The van der Waals surface area contributed by atoms with Gasteiger partial charge in [0.05, 0.1) is 12.7 Å². The van der Waals surface area contributed by atoms with E-state index in [1.54, 1.807) is 18.2 Å². The highest BCUT2D eigenvalue weighted by Gasteiger charge is 2.21. The molecule has 7 heteroatoms. The van der Waals surface area contributed by atoms with Gasteiger partial charge in [-0.2, -0.15) is 0 Å². The van der Waals surface area contributed by atoms with Crippen molar-refractivity contribution in [3.05, 3.63) is 89.0 Å². The number of hydrogen-bond donors (Lipinski definition) is 2. The Balaban J connectivity index is 1.38. The second kappa shape index (κ2) is 10.1. The van der Waals surface area contributed by atoms with E-state index in [-0.39, 0.29) is 18.2 Å². The van der Waals surface area contributed by atoms with Gasteiger partial charge in [-0.25, -0.2) is 9.59 Å². The van der Waals surface area contributed by atoms with Crippen molar-refractivity contribution >= 4 is 17.7 Å². The standard InChI is InChI=1S/C26H26N2O5/c1-31-25(29)23-15-22(11-12-24(23)27)33-21-10-8-18-7-9-20(13-19(18)14-21)28-26(30)32-16-17-5-3-2-4-6-17/h2-6,8,10-12,14-15,20H,7,9,13,16,27H2,1H3,(H,28,30)/t20-/m0/s1. The van der Waals surface area contributed by atoms with Crippen LogP contribution in [0.25, 0.3) is 0 Å². The molecule has 0 aliphatic heterocycles. The minimum atomic E-state index is -0.517. The van der Waals surface area contributed by atoms with E-state index in [1.807, 2.05) is 48.5 Å². The molecule has 3 N–H and O–H groups in total. The van der Waals surface area contributed by atoms with Crippen molar-refractivity contribution in [2.24, 2.45) is 0 Å². The van der Waals surface area contributed by atoms with Crippen molar-refractivity contribution in [3.63, 3.8) is 0 Å². The van der Waals surface area contributed by atoms with Crippen LogP contribution in [0.2, 0.25) is 0 Å². The van der Waals surface area contributed by atoms with E-state index >= 15 is 0 Å². The van der Waals surface area contributed by atoms with E-state index in [0.29, 0.717) is 23.6 Å². The fraction of sp³-hybridized carbons (Fsp3) is 0.231. The molecule has 0 saturated heterocycles. The van der Waals surface area contributed by atoms with Gasteiger partial charge in [0.1, 0.15) is 18.1 Å². The number of carbonyl (C=O) groups is 2. The van der Waals surface area contributed by atoms with Crippen LogP contribution in [-0.2, 0) is 28.9 Å². The molecule has 3 aromatic carbocycles. The number of aryl methyl sites for hydroxylation is 1. The summed E-state index contributed by atoms with van der Waals surface area (Å²) in [6.45, 7) is 0.239. The molecule has 0 heterocycles. The van der Waals surface area contributed by atoms with Crippen molar-refractivity contribution < 1.29 is 23.8 Å². The van der Waals surface area contributed by atoms with Crippen molar-refractivity contribution in [3.8, 4) is 11.5 Å². The van der Waals surface area contributed by atoms with Gasteiger partial charge >= 0.3 is 12.1 Å². The molecule has 0 fully saturated rings. The molecule has 0 bridgehead atoms. The van der Waals surface area contributed by atoms with Gasteiger partial charge in [0.25, 0.3) is 0 Å². The summed E-state index contributed by atoms with van der Waals surface area (Å²) in [4.78, 5) is 24.1. The molecule has 7 nitrogen and oxygen atoms in total. The Labute approximate surface area is 192 Å². The summed E-state index contributed by atoms with van der Waals surface area (Å²) >= 11 is 0. The normalized spacial score (nSPS) is 14.6. The number of nitrogens with two attached hydrogens (primary N) is 1. The van der Waals surface area contributed by atoms with Crippen LogP contribution in [-0.4, -0.2) is 25.2 Å². The number of rotatable bonds is 6. The first-order valence-electron chi connectivity index (χ1n) is 10.8. The molecular formula is C26H26N2O5. The van der Waals surface area contributed by atoms with E-state index < -0.39 is 12.1 Å². The summed E-state index contributed by atoms with van der Waals surface area (Å²) < 4.78 is 16.1. The fourth-order valence-corrected chi connectivity index (χ4v) is 3.87. The SMILES string of the molecule is COC(=O)c1cc(Oc2ccc3c(c2)C[C@@H](NC(=O)OCc2ccccc2)CC3)ccc1N. The van der Waals surface area contributed by atoms with Crippen LogP contribution in [0.4, 0.5) is 10.5 Å². The summed E-state index contributed by atoms with van der Waals surface area (Å²) in [5.74, 6) is 0.609. The number of nitrogens with one attached hydrogen (secondary N) is 1. The van der Waals surface area contributed by atoms with Crippen LogP contribution in [0.15, 0.2) is 66.7 Å². The van der Waals surface area contributed by atoms with Gasteiger partial charge in [-0.1, -0.05) is 36.4 Å². The summed E-state index contributed by atoms with van der Waals surface area (Å²) in [7, 11) is 1.31. The number of amides is 1. The predicted molar refractivity (Wildman–Crippen MR) is 124 cm³/mol. The van der Waals surface area contributed by atoms with E-state index in [0.717, 1.165) is 24.0 Å². The Bertz CT molecular complexity index is 1150. The Kier molecular flexibility index (Phi) is 6.78. The third-order valence-corrected chi connectivity index (χ3v) is 5.61. The van der Waals surface area contributed by atoms with Gasteiger partial charge in [-0.05, 0) is 66.3 Å².